The Morgan fingerprint density at radius 1 is 0.952 bits per heavy atom. The highest BCUT2D eigenvalue weighted by atomic mass is 16.5. The molecular weight excluding hydrogens is 262 g/mol. The monoisotopic (exact) mass is 299 g/mol. The maximum Gasteiger partial charge on any atom is 0.0731 e. The van der Waals surface area contributed by atoms with Crippen LogP contribution in [0.5, 0.6) is 0 Å². The molecule has 0 aromatic carbocycles. The molecule has 3 heteroatoms. The number of unbranched alkanes of at least 4 members (excludes halogenated alkanes) is 1. The summed E-state index contributed by atoms with van der Waals surface area (Å²) in [6.45, 7) is 10.2. The molecule has 1 saturated carbocycles. The van der Waals surface area contributed by atoms with Crippen molar-refractivity contribution in [1.82, 2.24) is 5.32 Å². The summed E-state index contributed by atoms with van der Waals surface area (Å²) in [7, 11) is 0. The molecule has 1 N–H and O–H groups in total. The first-order valence-electron chi connectivity index (χ1n) is 9.24. The Kier molecular flexibility index (Phi) is 11.2. The van der Waals surface area contributed by atoms with Gasteiger partial charge in [0.15, 0.2) is 0 Å². The molecule has 0 aromatic heterocycles. The van der Waals surface area contributed by atoms with Gasteiger partial charge in [0.1, 0.15) is 0 Å². The molecule has 3 nitrogen and oxygen atoms in total. The average molecular weight is 299 g/mol. The van der Waals surface area contributed by atoms with E-state index in [4.69, 9.17) is 9.47 Å². The number of rotatable bonds is 12. The van der Waals surface area contributed by atoms with E-state index in [1.54, 1.807) is 0 Å². The van der Waals surface area contributed by atoms with E-state index >= 15 is 0 Å². The summed E-state index contributed by atoms with van der Waals surface area (Å²) in [5.41, 5.74) is 0. The second kappa shape index (κ2) is 12.4. The van der Waals surface area contributed by atoms with Crippen molar-refractivity contribution in [3.05, 3.63) is 0 Å². The smallest absolute Gasteiger partial charge is 0.0731 e. The molecule has 1 aliphatic carbocycles. The SMILES string of the molecule is CCCCOCCOC1CC(CCC)CCC1NCCC. The first-order chi connectivity index (χ1) is 10.3. The number of nitrogens with one attached hydrogen (secondary N) is 1. The summed E-state index contributed by atoms with van der Waals surface area (Å²) >= 11 is 0. The van der Waals surface area contributed by atoms with Crippen molar-refractivity contribution in [2.45, 2.75) is 84.3 Å². The maximum atomic E-state index is 6.16. The van der Waals surface area contributed by atoms with Crippen molar-refractivity contribution in [3.63, 3.8) is 0 Å². The van der Waals surface area contributed by atoms with Crippen LogP contribution in [0, 0.1) is 5.92 Å². The van der Waals surface area contributed by atoms with E-state index in [1.165, 1.54) is 44.9 Å². The molecule has 3 unspecified atom stereocenters. The lowest BCUT2D eigenvalue weighted by Gasteiger charge is -2.36. The third kappa shape index (κ3) is 8.18. The Bertz CT molecular complexity index is 235. The molecular formula is C18H37NO2. The van der Waals surface area contributed by atoms with Crippen molar-refractivity contribution in [1.29, 1.82) is 0 Å². The quantitative estimate of drug-likeness (QED) is 0.549. The first-order valence-corrected chi connectivity index (χ1v) is 9.24. The van der Waals surface area contributed by atoms with Crippen LogP contribution in [0.25, 0.3) is 0 Å². The van der Waals surface area contributed by atoms with E-state index in [9.17, 15) is 0 Å². The summed E-state index contributed by atoms with van der Waals surface area (Å²) < 4.78 is 11.8. The zero-order valence-electron chi connectivity index (χ0n) is 14.5. The van der Waals surface area contributed by atoms with Gasteiger partial charge in [-0.05, 0) is 44.6 Å². The van der Waals surface area contributed by atoms with E-state index in [2.05, 4.69) is 26.1 Å². The third-order valence-electron chi connectivity index (χ3n) is 4.46. The fraction of sp³-hybridized carbons (Fsp3) is 1.00. The van der Waals surface area contributed by atoms with E-state index in [0.29, 0.717) is 12.1 Å². The number of hydrogen-bond donors (Lipinski definition) is 1. The highest BCUT2D eigenvalue weighted by molar-refractivity contribution is 4.85. The van der Waals surface area contributed by atoms with Gasteiger partial charge in [-0.15, -0.1) is 0 Å². The first kappa shape index (κ1) is 18.9. The molecule has 0 bridgehead atoms. The molecule has 0 spiro atoms. The molecule has 1 fully saturated rings. The van der Waals surface area contributed by atoms with Crippen LogP contribution in [0.15, 0.2) is 0 Å². The van der Waals surface area contributed by atoms with Crippen molar-refractivity contribution < 1.29 is 9.47 Å². The van der Waals surface area contributed by atoms with E-state index in [0.717, 1.165) is 38.7 Å². The molecule has 21 heavy (non-hydrogen) atoms. The lowest BCUT2D eigenvalue weighted by molar-refractivity contribution is -0.0370. The van der Waals surface area contributed by atoms with Crippen LogP contribution in [0.1, 0.15) is 72.1 Å². The largest absolute Gasteiger partial charge is 0.379 e. The molecule has 126 valence electrons. The number of ether oxygens (including phenoxy) is 2. The Balaban J connectivity index is 2.27. The maximum absolute atomic E-state index is 6.16. The Hall–Kier alpha value is -0.120. The van der Waals surface area contributed by atoms with Gasteiger partial charge in [0.2, 0.25) is 0 Å². The Morgan fingerprint density at radius 2 is 1.81 bits per heavy atom. The van der Waals surface area contributed by atoms with Gasteiger partial charge in [0.05, 0.1) is 19.3 Å². The summed E-state index contributed by atoms with van der Waals surface area (Å²) in [6.07, 6.45) is 10.4. The van der Waals surface area contributed by atoms with Gasteiger partial charge in [-0.25, -0.2) is 0 Å². The fourth-order valence-corrected chi connectivity index (χ4v) is 3.24. The minimum atomic E-state index is 0.386. The van der Waals surface area contributed by atoms with Crippen molar-refractivity contribution in [3.8, 4) is 0 Å². The summed E-state index contributed by atoms with van der Waals surface area (Å²) in [6, 6.07) is 0.550. The van der Waals surface area contributed by atoms with Crippen LogP contribution >= 0.6 is 0 Å². The third-order valence-corrected chi connectivity index (χ3v) is 4.46. The number of hydrogen-bond acceptors (Lipinski definition) is 3. The minimum absolute atomic E-state index is 0.386. The van der Waals surface area contributed by atoms with Gasteiger partial charge >= 0.3 is 0 Å². The predicted molar refractivity (Wildman–Crippen MR) is 89.8 cm³/mol. The van der Waals surface area contributed by atoms with Gasteiger partial charge in [-0.2, -0.15) is 0 Å². The van der Waals surface area contributed by atoms with Gasteiger partial charge in [0.25, 0.3) is 0 Å². The summed E-state index contributed by atoms with van der Waals surface area (Å²) in [5.74, 6) is 0.862. The van der Waals surface area contributed by atoms with Gasteiger partial charge in [-0.3, -0.25) is 0 Å². The van der Waals surface area contributed by atoms with E-state index in [1.807, 2.05) is 0 Å². The molecule has 0 aromatic rings. The predicted octanol–water partition coefficient (Wildman–Crippen LogP) is 4.16. The van der Waals surface area contributed by atoms with Crippen LogP contribution in [0.3, 0.4) is 0 Å². The van der Waals surface area contributed by atoms with Crippen molar-refractivity contribution in [2.24, 2.45) is 5.92 Å². The van der Waals surface area contributed by atoms with E-state index in [-0.39, 0.29) is 0 Å². The second-order valence-corrected chi connectivity index (χ2v) is 6.40. The minimum Gasteiger partial charge on any atom is -0.379 e. The van der Waals surface area contributed by atoms with Crippen LogP contribution in [0.2, 0.25) is 0 Å². The molecule has 3 atom stereocenters. The standard InChI is InChI=1S/C18H37NO2/c1-4-7-12-20-13-14-21-18-15-16(8-5-2)9-10-17(18)19-11-6-3/h16-19H,4-15H2,1-3H3. The van der Waals surface area contributed by atoms with Crippen LogP contribution in [-0.2, 0) is 9.47 Å². The topological polar surface area (TPSA) is 30.5 Å². The lowest BCUT2D eigenvalue weighted by atomic mass is 9.81. The lowest BCUT2D eigenvalue weighted by Crippen LogP contribution is -2.46. The van der Waals surface area contributed by atoms with Gasteiger partial charge < -0.3 is 14.8 Å². The van der Waals surface area contributed by atoms with Gasteiger partial charge in [0, 0.05) is 12.6 Å². The molecule has 1 rings (SSSR count). The molecule has 0 saturated heterocycles. The molecule has 0 radical (unpaired) electrons. The second-order valence-electron chi connectivity index (χ2n) is 6.40. The Morgan fingerprint density at radius 3 is 2.52 bits per heavy atom. The van der Waals surface area contributed by atoms with Crippen molar-refractivity contribution >= 4 is 0 Å². The molecule has 0 amide bonds. The van der Waals surface area contributed by atoms with Crippen molar-refractivity contribution in [2.75, 3.05) is 26.4 Å². The molecule has 0 aliphatic heterocycles. The zero-order valence-corrected chi connectivity index (χ0v) is 14.5. The van der Waals surface area contributed by atoms with Crippen LogP contribution < -0.4 is 5.32 Å². The average Bonchev–Trinajstić information content (AvgIpc) is 2.50. The summed E-state index contributed by atoms with van der Waals surface area (Å²) in [5, 5.41) is 3.68. The zero-order chi connectivity index (χ0) is 15.3. The fourth-order valence-electron chi connectivity index (χ4n) is 3.24. The molecule has 0 heterocycles. The van der Waals surface area contributed by atoms with E-state index < -0.39 is 0 Å². The highest BCUT2D eigenvalue weighted by Crippen LogP contribution is 2.30. The normalized spacial score (nSPS) is 26.1. The van der Waals surface area contributed by atoms with Crippen LogP contribution in [0.4, 0.5) is 0 Å². The molecule has 1 aliphatic rings. The van der Waals surface area contributed by atoms with Gasteiger partial charge in [-0.1, -0.05) is 40.0 Å². The summed E-state index contributed by atoms with van der Waals surface area (Å²) in [4.78, 5) is 0. The highest BCUT2D eigenvalue weighted by Gasteiger charge is 2.30. The van der Waals surface area contributed by atoms with Crippen LogP contribution in [-0.4, -0.2) is 38.5 Å². The Labute approximate surface area is 132 Å².